The van der Waals surface area contributed by atoms with Crippen molar-refractivity contribution in [3.05, 3.63) is 11.1 Å². The van der Waals surface area contributed by atoms with Gasteiger partial charge in [0.1, 0.15) is 104 Å². The Morgan fingerprint density at radius 1 is 0.553 bits per heavy atom. The molecular weight excluding hydrogens is 1130 g/mol. The molecule has 11 aliphatic rings. The lowest BCUT2D eigenvalue weighted by molar-refractivity contribution is -0.404. The quantitative estimate of drug-likeness (QED) is 0.0644. The van der Waals surface area contributed by atoms with Crippen LogP contribution in [0.15, 0.2) is 11.1 Å². The van der Waals surface area contributed by atoms with Crippen molar-refractivity contribution in [3.8, 4) is 0 Å². The summed E-state index contributed by atoms with van der Waals surface area (Å²) in [6.45, 7) is 11.6. The van der Waals surface area contributed by atoms with Gasteiger partial charge in [0, 0.05) is 23.7 Å². The van der Waals surface area contributed by atoms with Crippen LogP contribution < -0.4 is 0 Å². The topological polar surface area (TPSA) is 411 Å². The first-order valence-electron chi connectivity index (χ1n) is 30.5. The van der Waals surface area contributed by atoms with E-state index in [-0.39, 0.29) is 46.6 Å². The van der Waals surface area contributed by atoms with Gasteiger partial charge in [0.15, 0.2) is 31.5 Å². The zero-order valence-corrected chi connectivity index (χ0v) is 49.3. The maximum Gasteiger partial charge on any atom is 0.311 e. The molecule has 11 rings (SSSR count). The zero-order chi connectivity index (χ0) is 61.4. The predicted octanol–water partition coefficient (Wildman–Crippen LogP) is -3.05. The monoisotopic (exact) mass is 1220 g/mol. The van der Waals surface area contributed by atoms with E-state index in [0.717, 1.165) is 38.5 Å². The number of rotatable bonds is 13. The third-order valence-corrected chi connectivity index (χ3v) is 22.8. The van der Waals surface area contributed by atoms with Crippen LogP contribution in [0.2, 0.25) is 0 Å². The largest absolute Gasteiger partial charge is 0.433 e. The molecule has 0 aromatic heterocycles. The Morgan fingerprint density at radius 3 is 1.85 bits per heavy atom. The summed E-state index contributed by atoms with van der Waals surface area (Å²) >= 11 is 0. The lowest BCUT2D eigenvalue weighted by Crippen LogP contribution is -2.67. The number of esters is 1. The molecule has 0 aromatic carbocycles. The van der Waals surface area contributed by atoms with E-state index in [1.54, 1.807) is 0 Å². The summed E-state index contributed by atoms with van der Waals surface area (Å²) < 4.78 is 73.5. The van der Waals surface area contributed by atoms with E-state index in [1.165, 1.54) is 18.1 Å². The average molecular weight is 1220 g/mol. The third kappa shape index (κ3) is 10.4. The molecule has 9 fully saturated rings. The zero-order valence-electron chi connectivity index (χ0n) is 49.3. The Balaban J connectivity index is 0.797. The summed E-state index contributed by atoms with van der Waals surface area (Å²) in [7, 11) is 0. The Bertz CT molecular complexity index is 2430. The minimum atomic E-state index is -1.97. The molecule has 0 radical (unpaired) electrons. The van der Waals surface area contributed by atoms with E-state index < -0.39 is 191 Å². The van der Waals surface area contributed by atoms with Gasteiger partial charge in [0.25, 0.3) is 0 Å². The first-order chi connectivity index (χ1) is 40.0. The summed E-state index contributed by atoms with van der Waals surface area (Å²) in [5.41, 5.74) is 0.742. The van der Waals surface area contributed by atoms with Gasteiger partial charge in [-0.3, -0.25) is 4.79 Å². The van der Waals surface area contributed by atoms with Gasteiger partial charge < -0.3 is 128 Å². The normalized spacial score (nSPS) is 56.3. The molecule has 27 heteroatoms. The minimum absolute atomic E-state index is 0.0824. The highest BCUT2D eigenvalue weighted by Crippen LogP contribution is 2.76. The third-order valence-electron chi connectivity index (χ3n) is 22.8. The lowest BCUT2D eigenvalue weighted by Gasteiger charge is -2.63. The van der Waals surface area contributed by atoms with Crippen LogP contribution >= 0.6 is 0 Å². The Labute approximate surface area is 492 Å². The van der Waals surface area contributed by atoms with E-state index in [4.69, 9.17) is 56.8 Å². The lowest BCUT2D eigenvalue weighted by atomic mass is 9.42. The van der Waals surface area contributed by atoms with Crippen LogP contribution in [0.25, 0.3) is 0 Å². The Kier molecular flexibility index (Phi) is 18.1. The van der Waals surface area contributed by atoms with E-state index in [2.05, 4.69) is 27.7 Å². The van der Waals surface area contributed by atoms with Crippen LogP contribution in [0, 0.1) is 39.4 Å². The summed E-state index contributed by atoms with van der Waals surface area (Å²) in [5.74, 6) is -1.24. The summed E-state index contributed by atoms with van der Waals surface area (Å²) in [6, 6.07) is 0. The van der Waals surface area contributed by atoms with Gasteiger partial charge in [-0.25, -0.2) is 0 Å². The molecule has 0 amide bonds. The maximum atomic E-state index is 12.8. The van der Waals surface area contributed by atoms with Crippen molar-refractivity contribution in [2.24, 2.45) is 39.4 Å². The van der Waals surface area contributed by atoms with Gasteiger partial charge in [-0.05, 0) is 81.0 Å². The molecule has 2 spiro atoms. The number of ether oxygens (including phenoxy) is 12. The number of allylic oxidation sites excluding steroid dienone is 2. The summed E-state index contributed by atoms with van der Waals surface area (Å²) in [4.78, 5) is 12.8. The first kappa shape index (κ1) is 64.7. The second kappa shape index (κ2) is 23.7. The van der Waals surface area contributed by atoms with Crippen LogP contribution in [-0.2, 0) is 61.6 Å². The highest BCUT2D eigenvalue weighted by atomic mass is 16.8. The molecule has 0 unspecified atom stereocenters. The van der Waals surface area contributed by atoms with Crippen molar-refractivity contribution in [1.29, 1.82) is 0 Å². The SMILES string of the molecule is C[C@@H]1C[C@]2(C[C@@H](C)[C@]3(CC[C@@]4(C)C5=C(CC[C@@]43C)[C@@]3(C)CC[C@H](O[C@@H]4O[C@H](CO[C@@H]6OC[C@H](O)[C@H](O)[C@H]6O[C@@H]6O[C@H](CO)[C@@H](O)[C@H](O[C@@H]7OC[C@@H](O)[C@H](O)[C@H]7O)[C@H]6O[C@@H]6O[C@@H](C)[C@H](O)[C@@H](O)[C@H]6O)[C@@H](O)[C@H](O)[C@H]4O)[C@](C)(CO)[C@@H]3CC5)O2)OC1=O. The van der Waals surface area contributed by atoms with Gasteiger partial charge in [-0.1, -0.05) is 52.7 Å². The number of aliphatic hydroxyl groups excluding tert-OH is 14. The number of fused-ring (bicyclic) bond motifs is 5. The molecule has 4 aliphatic carbocycles. The van der Waals surface area contributed by atoms with Gasteiger partial charge in [0.05, 0.1) is 56.8 Å². The van der Waals surface area contributed by atoms with Crippen LogP contribution in [0.4, 0.5) is 0 Å². The van der Waals surface area contributed by atoms with Crippen LogP contribution in [0.3, 0.4) is 0 Å². The van der Waals surface area contributed by atoms with Gasteiger partial charge >= 0.3 is 5.97 Å². The fraction of sp³-hybridized carbons (Fsp3) is 0.948. The average Bonchev–Trinajstić information content (AvgIpc) is 1.59. The van der Waals surface area contributed by atoms with Crippen molar-refractivity contribution in [2.45, 2.75) is 271 Å². The van der Waals surface area contributed by atoms with Gasteiger partial charge in [0.2, 0.25) is 5.79 Å². The van der Waals surface area contributed by atoms with Crippen LogP contribution in [0.5, 0.6) is 0 Å². The standard InChI is InChI=1S/C58H92O27/c1-23-16-57(84-47(23)73)17-24(2)58(85-57)15-14-55(6)27-8-9-32-53(4,26(27)10-13-56(55,58)7)12-11-33(54(32,5)22-60)80-50-43(72)40(69)37(66)31(79-50)21-76-51-45(36(65)29(62)20-75-51)82-52-46(83-49-42(71)39(68)34(63)25(3)77-49)44(38(67)30(18-59)78-52)81-48-41(70)35(64)28(61)19-74-48/h23-25,28-46,48-52,59-72H,8-22H2,1-7H3/t23-,24-,25+,28-,29+,30-,31-,32-,33+,34+,35+,36+,37-,38-,39-,40+,41-,42-,43-,44+,45-,46-,48+,49+,50+,51+,52+,53-,54-,55+,56+,57+,58+/m1/s1. The summed E-state index contributed by atoms with van der Waals surface area (Å²) in [5, 5.41) is 154. The van der Waals surface area contributed by atoms with Crippen LogP contribution in [-0.4, -0.2) is 269 Å². The van der Waals surface area contributed by atoms with E-state index >= 15 is 0 Å². The fourth-order valence-electron chi connectivity index (χ4n) is 17.6. The first-order valence-corrected chi connectivity index (χ1v) is 30.5. The molecule has 14 N–H and O–H groups in total. The molecular formula is C58H92O27. The number of aliphatic hydroxyl groups is 14. The minimum Gasteiger partial charge on any atom is -0.433 e. The summed E-state index contributed by atoms with van der Waals surface area (Å²) in [6.07, 6.45) is -33.5. The van der Waals surface area contributed by atoms with E-state index in [1.807, 2.05) is 13.8 Å². The number of carbonyl (C=O) groups excluding carboxylic acids is 1. The molecule has 7 saturated heterocycles. The number of carbonyl (C=O) groups is 1. The van der Waals surface area contributed by atoms with E-state index in [9.17, 15) is 76.3 Å². The molecule has 2 saturated carbocycles. The van der Waals surface area contributed by atoms with Crippen LogP contribution in [0.1, 0.15) is 113 Å². The molecule has 0 aromatic rings. The van der Waals surface area contributed by atoms with E-state index in [0.29, 0.717) is 25.7 Å². The van der Waals surface area contributed by atoms with Crippen molar-refractivity contribution in [2.75, 3.05) is 33.0 Å². The van der Waals surface area contributed by atoms with Gasteiger partial charge in [-0.15, -0.1) is 0 Å². The van der Waals surface area contributed by atoms with Crippen molar-refractivity contribution >= 4 is 5.97 Å². The molecule has 7 aliphatic heterocycles. The Morgan fingerprint density at radius 2 is 1.18 bits per heavy atom. The van der Waals surface area contributed by atoms with Crippen molar-refractivity contribution in [1.82, 2.24) is 0 Å². The molecule has 486 valence electrons. The number of hydrogen-bond donors (Lipinski definition) is 14. The highest BCUT2D eigenvalue weighted by Gasteiger charge is 2.75. The molecule has 27 nitrogen and oxygen atoms in total. The Hall–Kier alpha value is -1.79. The second-order valence-electron chi connectivity index (χ2n) is 27.5. The molecule has 0 bridgehead atoms. The number of hydrogen-bond acceptors (Lipinski definition) is 27. The smallest absolute Gasteiger partial charge is 0.311 e. The van der Waals surface area contributed by atoms with Crippen molar-refractivity contribution in [3.63, 3.8) is 0 Å². The predicted molar refractivity (Wildman–Crippen MR) is 283 cm³/mol. The maximum absolute atomic E-state index is 12.8. The molecule has 85 heavy (non-hydrogen) atoms. The second-order valence-corrected chi connectivity index (χ2v) is 27.5. The van der Waals surface area contributed by atoms with Gasteiger partial charge in [-0.2, -0.15) is 0 Å². The highest BCUT2D eigenvalue weighted by molar-refractivity contribution is 5.74. The fourth-order valence-corrected chi connectivity index (χ4v) is 17.6. The molecule has 7 heterocycles. The molecule has 33 atom stereocenters. The van der Waals surface area contributed by atoms with Crippen molar-refractivity contribution < 1.29 is 133 Å².